The largest absolute Gasteiger partial charge is 0.481 e. The van der Waals surface area contributed by atoms with Gasteiger partial charge in [-0.3, -0.25) is 4.79 Å². The summed E-state index contributed by atoms with van der Waals surface area (Å²) in [5, 5.41) is 29.2. The Labute approximate surface area is 192 Å². The Morgan fingerprint density at radius 3 is 2.38 bits per heavy atom. The van der Waals surface area contributed by atoms with Gasteiger partial charge in [-0.25, -0.2) is 4.39 Å². The summed E-state index contributed by atoms with van der Waals surface area (Å²) in [5.41, 5.74) is 3.98. The average Bonchev–Trinajstić information content (AvgIpc) is 2.76. The zero-order chi connectivity index (χ0) is 23.3. The van der Waals surface area contributed by atoms with Crippen molar-refractivity contribution < 1.29 is 24.5 Å². The molecule has 2 atom stereocenters. The summed E-state index contributed by atoms with van der Waals surface area (Å²) in [7, 11) is 0. The van der Waals surface area contributed by atoms with Crippen molar-refractivity contribution in [2.24, 2.45) is 0 Å². The second-order valence-electron chi connectivity index (χ2n) is 8.01. The molecule has 2 aromatic rings. The van der Waals surface area contributed by atoms with E-state index in [1.165, 1.54) is 12.1 Å². The molecule has 2 aromatic carbocycles. The van der Waals surface area contributed by atoms with Crippen LogP contribution in [0.5, 0.6) is 0 Å². The highest BCUT2D eigenvalue weighted by atomic mass is 32.2. The quantitative estimate of drug-likeness (QED) is 0.469. The second-order valence-corrected chi connectivity index (χ2v) is 9.43. The topological polar surface area (TPSA) is 77.8 Å². The summed E-state index contributed by atoms with van der Waals surface area (Å²) >= 11 is 1.80. The van der Waals surface area contributed by atoms with Crippen LogP contribution in [0.1, 0.15) is 50.7 Å². The van der Waals surface area contributed by atoms with Crippen LogP contribution >= 0.6 is 11.8 Å². The fraction of sp³-hybridized carbons (Fsp3) is 0.346. The number of allylic oxidation sites excluding steroid dienone is 1. The third-order valence-corrected chi connectivity index (χ3v) is 7.67. The van der Waals surface area contributed by atoms with E-state index >= 15 is 0 Å². The van der Waals surface area contributed by atoms with Crippen molar-refractivity contribution in [3.8, 4) is 0 Å². The maximum absolute atomic E-state index is 13.7. The Morgan fingerprint density at radius 1 is 1.09 bits per heavy atom. The van der Waals surface area contributed by atoms with Gasteiger partial charge in [-0.15, -0.1) is 11.8 Å². The van der Waals surface area contributed by atoms with Gasteiger partial charge in [0.15, 0.2) is 0 Å². The molecule has 3 rings (SSSR count). The summed E-state index contributed by atoms with van der Waals surface area (Å²) in [6.07, 6.45) is 2.64. The lowest BCUT2D eigenvalue weighted by Gasteiger charge is -2.39. The van der Waals surface area contributed by atoms with Gasteiger partial charge < -0.3 is 15.3 Å². The molecule has 0 aliphatic carbocycles. The highest BCUT2D eigenvalue weighted by Gasteiger charge is 2.38. The van der Waals surface area contributed by atoms with Gasteiger partial charge >= 0.3 is 5.97 Å². The van der Waals surface area contributed by atoms with Gasteiger partial charge in [0.05, 0.1) is 18.6 Å². The van der Waals surface area contributed by atoms with Crippen molar-refractivity contribution in [2.45, 2.75) is 61.4 Å². The maximum Gasteiger partial charge on any atom is 0.305 e. The predicted octanol–water partition coefficient (Wildman–Crippen LogP) is 5.43. The average molecular weight is 457 g/mol. The first-order chi connectivity index (χ1) is 15.3. The molecule has 3 N–H and O–H groups in total. The molecule has 0 unspecified atom stereocenters. The highest BCUT2D eigenvalue weighted by Crippen LogP contribution is 2.54. The number of halogens is 1. The van der Waals surface area contributed by atoms with Gasteiger partial charge in [0.1, 0.15) is 5.82 Å². The molecule has 0 aromatic heterocycles. The van der Waals surface area contributed by atoms with Crippen LogP contribution in [0.15, 0.2) is 71.2 Å². The molecular weight excluding hydrogens is 427 g/mol. The molecule has 0 saturated heterocycles. The number of carboxylic acid groups (broad SMARTS) is 1. The van der Waals surface area contributed by atoms with Gasteiger partial charge in [0.2, 0.25) is 0 Å². The molecule has 0 fully saturated rings. The number of carbonyl (C=O) groups is 1. The fourth-order valence-corrected chi connectivity index (χ4v) is 5.60. The predicted molar refractivity (Wildman–Crippen MR) is 126 cm³/mol. The first-order valence-corrected chi connectivity index (χ1v) is 11.7. The fourth-order valence-electron chi connectivity index (χ4n) is 4.19. The molecule has 0 saturated carbocycles. The number of fused-ring (bicyclic) bond motifs is 1. The number of thioether (sulfide) groups is 1. The van der Waals surface area contributed by atoms with E-state index in [4.69, 9.17) is 5.11 Å². The summed E-state index contributed by atoms with van der Waals surface area (Å²) in [4.78, 5) is 12.0. The van der Waals surface area contributed by atoms with E-state index < -0.39 is 24.6 Å². The molecule has 32 heavy (non-hydrogen) atoms. The SMILES string of the molecule is CCC1(CC)Sc2ccccc2C(c2ccc(F)cc2)=C1C=C[C@@H](O)C[C@@H](O)CC(=O)O. The molecule has 4 nitrogen and oxygen atoms in total. The van der Waals surface area contributed by atoms with Crippen molar-refractivity contribution in [1.82, 2.24) is 0 Å². The van der Waals surface area contributed by atoms with Crippen molar-refractivity contribution in [2.75, 3.05) is 0 Å². The highest BCUT2D eigenvalue weighted by molar-refractivity contribution is 8.01. The Balaban J connectivity index is 2.12. The van der Waals surface area contributed by atoms with Crippen molar-refractivity contribution in [1.29, 1.82) is 0 Å². The van der Waals surface area contributed by atoms with E-state index in [0.717, 1.165) is 40.0 Å². The molecule has 1 heterocycles. The third-order valence-electron chi connectivity index (χ3n) is 5.91. The molecular formula is C26H29FO4S. The number of benzene rings is 2. The lowest BCUT2D eigenvalue weighted by atomic mass is 9.82. The van der Waals surface area contributed by atoms with E-state index in [-0.39, 0.29) is 17.0 Å². The van der Waals surface area contributed by atoms with E-state index in [2.05, 4.69) is 26.0 Å². The summed E-state index contributed by atoms with van der Waals surface area (Å²) in [5.74, 6) is -1.41. The zero-order valence-corrected chi connectivity index (χ0v) is 19.1. The van der Waals surface area contributed by atoms with Crippen LogP contribution in [-0.2, 0) is 4.79 Å². The van der Waals surface area contributed by atoms with E-state index in [0.29, 0.717) is 0 Å². The molecule has 0 amide bonds. The minimum atomic E-state index is -1.12. The zero-order valence-electron chi connectivity index (χ0n) is 18.3. The number of hydrogen-bond donors (Lipinski definition) is 3. The minimum absolute atomic E-state index is 0.0586. The normalized spacial score (nSPS) is 17.3. The number of aliphatic hydroxyl groups excluding tert-OH is 2. The maximum atomic E-state index is 13.7. The Kier molecular flexibility index (Phi) is 7.93. The Bertz CT molecular complexity index is 1010. The Hall–Kier alpha value is -2.41. The van der Waals surface area contributed by atoms with Crippen molar-refractivity contribution >= 4 is 23.3 Å². The molecule has 6 heteroatoms. The molecule has 0 radical (unpaired) electrons. The van der Waals surface area contributed by atoms with Crippen LogP contribution in [-0.4, -0.2) is 38.2 Å². The first kappa shape index (κ1) is 24.2. The summed E-state index contributed by atoms with van der Waals surface area (Å²) < 4.78 is 13.4. The lowest BCUT2D eigenvalue weighted by Crippen LogP contribution is -2.29. The van der Waals surface area contributed by atoms with E-state index in [1.54, 1.807) is 30.0 Å². The van der Waals surface area contributed by atoms with Gasteiger partial charge in [0.25, 0.3) is 0 Å². The molecule has 1 aliphatic rings. The van der Waals surface area contributed by atoms with Crippen molar-refractivity contribution in [3.05, 3.63) is 83.2 Å². The second kappa shape index (κ2) is 10.5. The number of rotatable bonds is 9. The van der Waals surface area contributed by atoms with E-state index in [1.807, 2.05) is 18.2 Å². The number of hydrogen-bond acceptors (Lipinski definition) is 4. The van der Waals surface area contributed by atoms with Gasteiger partial charge in [-0.2, -0.15) is 0 Å². The van der Waals surface area contributed by atoms with Crippen molar-refractivity contribution in [3.63, 3.8) is 0 Å². The van der Waals surface area contributed by atoms with Gasteiger partial charge in [-0.05, 0) is 53.3 Å². The van der Waals surface area contributed by atoms with Crippen LogP contribution in [0, 0.1) is 5.82 Å². The Morgan fingerprint density at radius 2 is 1.75 bits per heavy atom. The third kappa shape index (κ3) is 5.31. The van der Waals surface area contributed by atoms with Gasteiger partial charge in [0, 0.05) is 16.1 Å². The van der Waals surface area contributed by atoms with Crippen LogP contribution in [0.2, 0.25) is 0 Å². The van der Waals surface area contributed by atoms with Crippen LogP contribution in [0.25, 0.3) is 5.57 Å². The lowest BCUT2D eigenvalue weighted by molar-refractivity contribution is -0.139. The molecule has 0 bridgehead atoms. The van der Waals surface area contributed by atoms with Crippen LogP contribution in [0.4, 0.5) is 4.39 Å². The number of carboxylic acids is 1. The van der Waals surface area contributed by atoms with Crippen LogP contribution in [0.3, 0.4) is 0 Å². The minimum Gasteiger partial charge on any atom is -0.481 e. The molecule has 0 spiro atoms. The number of aliphatic carboxylic acids is 1. The molecule has 170 valence electrons. The standard InChI is InChI=1S/C26H29FO4S/c1-3-26(4-2)22(14-13-19(28)15-20(29)16-24(30)31)25(17-9-11-18(27)12-10-17)21-7-5-6-8-23(21)32-26/h5-14,19-20,28-29H,3-4,15-16H2,1-2H3,(H,30,31)/t19-,20-/m1/s1. The van der Waals surface area contributed by atoms with E-state index in [9.17, 15) is 19.4 Å². The van der Waals surface area contributed by atoms with Gasteiger partial charge in [-0.1, -0.05) is 56.3 Å². The summed E-state index contributed by atoms with van der Waals surface area (Å²) in [6, 6.07) is 14.6. The first-order valence-electron chi connectivity index (χ1n) is 10.8. The summed E-state index contributed by atoms with van der Waals surface area (Å²) in [6.45, 7) is 4.27. The smallest absolute Gasteiger partial charge is 0.305 e. The molecule has 1 aliphatic heterocycles. The number of aliphatic hydroxyl groups is 2. The monoisotopic (exact) mass is 456 g/mol. The van der Waals surface area contributed by atoms with Crippen LogP contribution < -0.4 is 0 Å².